The van der Waals surface area contributed by atoms with Crippen molar-refractivity contribution in [2.24, 2.45) is 0 Å². The normalized spacial score (nSPS) is 19.7. The van der Waals surface area contributed by atoms with Gasteiger partial charge in [0.15, 0.2) is 0 Å². The zero-order chi connectivity index (χ0) is 13.1. The van der Waals surface area contributed by atoms with E-state index in [1.54, 1.807) is 0 Å². The van der Waals surface area contributed by atoms with Crippen LogP contribution in [0.4, 0.5) is 0 Å². The third-order valence-corrected chi connectivity index (χ3v) is 5.45. The van der Waals surface area contributed by atoms with Gasteiger partial charge < -0.3 is 5.32 Å². The van der Waals surface area contributed by atoms with Gasteiger partial charge in [0.1, 0.15) is 0 Å². The van der Waals surface area contributed by atoms with Gasteiger partial charge in [-0.25, -0.2) is 0 Å². The molecule has 1 aliphatic heterocycles. The number of pyridine rings is 1. The summed E-state index contributed by atoms with van der Waals surface area (Å²) in [5, 5.41) is 4.87. The summed E-state index contributed by atoms with van der Waals surface area (Å²) in [7, 11) is 0. The van der Waals surface area contributed by atoms with Gasteiger partial charge in [-0.05, 0) is 36.3 Å². The van der Waals surface area contributed by atoms with Crippen LogP contribution in [0, 0.1) is 0 Å². The number of nitrogens with one attached hydrogen (secondary N) is 1. The molecule has 2 nitrogen and oxygen atoms in total. The second kappa shape index (κ2) is 6.25. The molecule has 1 saturated heterocycles. The summed E-state index contributed by atoms with van der Waals surface area (Å²) in [5.74, 6) is 2.56. The number of benzene rings is 1. The van der Waals surface area contributed by atoms with E-state index in [0.717, 1.165) is 16.5 Å². The predicted molar refractivity (Wildman–Crippen MR) is 86.6 cm³/mol. The highest BCUT2D eigenvalue weighted by molar-refractivity contribution is 9.10. The molecule has 0 saturated carbocycles. The summed E-state index contributed by atoms with van der Waals surface area (Å²) in [4.78, 5) is 4.53. The molecule has 0 aliphatic carbocycles. The Morgan fingerprint density at radius 1 is 1.37 bits per heavy atom. The third-order valence-electron chi connectivity index (χ3n) is 3.54. The van der Waals surface area contributed by atoms with E-state index < -0.39 is 0 Å². The molecule has 1 N–H and O–H groups in total. The average molecular weight is 337 g/mol. The van der Waals surface area contributed by atoms with Crippen molar-refractivity contribution in [2.45, 2.75) is 25.4 Å². The van der Waals surface area contributed by atoms with E-state index in [1.807, 2.05) is 12.3 Å². The Bertz CT molecular complexity index is 567. The van der Waals surface area contributed by atoms with Crippen LogP contribution in [0.2, 0.25) is 0 Å². The van der Waals surface area contributed by atoms with Crippen molar-refractivity contribution < 1.29 is 0 Å². The molecule has 0 radical (unpaired) electrons. The number of hydrogen-bond acceptors (Lipinski definition) is 3. The molecule has 4 heteroatoms. The fourth-order valence-corrected chi connectivity index (χ4v) is 4.05. The van der Waals surface area contributed by atoms with Gasteiger partial charge in [-0.15, -0.1) is 0 Å². The van der Waals surface area contributed by atoms with Crippen molar-refractivity contribution in [3.05, 3.63) is 40.5 Å². The van der Waals surface area contributed by atoms with Gasteiger partial charge in [-0.3, -0.25) is 4.98 Å². The molecule has 3 rings (SSSR count). The Balaban J connectivity index is 1.79. The van der Waals surface area contributed by atoms with Gasteiger partial charge in [-0.2, -0.15) is 11.8 Å². The molecule has 100 valence electrons. The summed E-state index contributed by atoms with van der Waals surface area (Å²) < 4.78 is 1.12. The predicted octanol–water partition coefficient (Wildman–Crippen LogP) is 3.98. The smallest absolute Gasteiger partial charge is 0.0758 e. The van der Waals surface area contributed by atoms with Crippen LogP contribution in [-0.4, -0.2) is 22.5 Å². The van der Waals surface area contributed by atoms with Crippen LogP contribution in [0.1, 0.15) is 18.4 Å². The second-order valence-electron chi connectivity index (χ2n) is 4.90. The van der Waals surface area contributed by atoms with Gasteiger partial charge in [-0.1, -0.05) is 28.1 Å². The Morgan fingerprint density at radius 3 is 3.16 bits per heavy atom. The molecule has 0 bridgehead atoms. The maximum atomic E-state index is 4.53. The van der Waals surface area contributed by atoms with Crippen molar-refractivity contribution in [2.75, 3.05) is 11.5 Å². The molecule has 0 amide bonds. The molecular weight excluding hydrogens is 320 g/mol. The first-order valence-electron chi connectivity index (χ1n) is 6.68. The van der Waals surface area contributed by atoms with Crippen molar-refractivity contribution in [1.82, 2.24) is 10.3 Å². The van der Waals surface area contributed by atoms with Crippen LogP contribution in [0.15, 0.2) is 34.9 Å². The number of hydrogen-bond donors (Lipinski definition) is 1. The Labute approximate surface area is 126 Å². The van der Waals surface area contributed by atoms with E-state index in [0.29, 0.717) is 6.04 Å². The lowest BCUT2D eigenvalue weighted by Gasteiger charge is -2.22. The molecule has 2 aromatic rings. The largest absolute Gasteiger partial charge is 0.309 e. The minimum Gasteiger partial charge on any atom is -0.309 e. The van der Waals surface area contributed by atoms with Crippen molar-refractivity contribution in [1.29, 1.82) is 0 Å². The summed E-state index contributed by atoms with van der Waals surface area (Å²) in [5.41, 5.74) is 2.39. The minimum absolute atomic E-state index is 0.654. The summed E-state index contributed by atoms with van der Waals surface area (Å²) in [6.45, 7) is 0.909. The van der Waals surface area contributed by atoms with E-state index in [9.17, 15) is 0 Å². The minimum atomic E-state index is 0.654. The van der Waals surface area contributed by atoms with Crippen LogP contribution >= 0.6 is 27.7 Å². The fraction of sp³-hybridized carbons (Fsp3) is 0.400. The molecule has 1 fully saturated rings. The second-order valence-corrected chi connectivity index (χ2v) is 6.91. The summed E-state index contributed by atoms with van der Waals surface area (Å²) in [6.07, 6.45) is 4.51. The fourth-order valence-electron chi connectivity index (χ4n) is 2.50. The zero-order valence-corrected chi connectivity index (χ0v) is 13.1. The van der Waals surface area contributed by atoms with Crippen molar-refractivity contribution >= 4 is 38.6 Å². The number of thioether (sulfide) groups is 1. The van der Waals surface area contributed by atoms with E-state index >= 15 is 0 Å². The molecule has 1 atom stereocenters. The third kappa shape index (κ3) is 3.12. The molecule has 1 unspecified atom stereocenters. The van der Waals surface area contributed by atoms with Crippen LogP contribution in [0.25, 0.3) is 10.9 Å². The molecule has 1 aromatic carbocycles. The SMILES string of the molecule is Brc1ccc(CNC2CCCSC2)c2ncccc12. The monoisotopic (exact) mass is 336 g/mol. The molecule has 1 aliphatic rings. The van der Waals surface area contributed by atoms with Crippen LogP contribution in [-0.2, 0) is 6.54 Å². The highest BCUT2D eigenvalue weighted by atomic mass is 79.9. The standard InChI is InChI=1S/C15H17BrN2S/c16-14-6-5-11(15-13(14)4-1-7-17-15)9-18-12-3-2-8-19-10-12/h1,4-7,12,18H,2-3,8-10H2. The topological polar surface area (TPSA) is 24.9 Å². The lowest BCUT2D eigenvalue weighted by molar-refractivity contribution is 0.508. The van der Waals surface area contributed by atoms with Gasteiger partial charge >= 0.3 is 0 Å². The van der Waals surface area contributed by atoms with Crippen LogP contribution < -0.4 is 5.32 Å². The molecule has 2 heterocycles. The van der Waals surface area contributed by atoms with Gasteiger partial charge in [0.05, 0.1) is 5.52 Å². The molecule has 19 heavy (non-hydrogen) atoms. The van der Waals surface area contributed by atoms with Crippen LogP contribution in [0.3, 0.4) is 0 Å². The van der Waals surface area contributed by atoms with Crippen molar-refractivity contribution in [3.8, 4) is 0 Å². The lowest BCUT2D eigenvalue weighted by Crippen LogP contribution is -2.33. The van der Waals surface area contributed by atoms with Gasteiger partial charge in [0.25, 0.3) is 0 Å². The maximum absolute atomic E-state index is 4.53. The molecular formula is C15H17BrN2S. The van der Waals surface area contributed by atoms with E-state index in [4.69, 9.17) is 0 Å². The van der Waals surface area contributed by atoms with Gasteiger partial charge in [0.2, 0.25) is 0 Å². The van der Waals surface area contributed by atoms with Crippen LogP contribution in [0.5, 0.6) is 0 Å². The molecule has 0 spiro atoms. The zero-order valence-electron chi connectivity index (χ0n) is 10.7. The highest BCUT2D eigenvalue weighted by Gasteiger charge is 2.13. The van der Waals surface area contributed by atoms with E-state index in [1.165, 1.54) is 35.3 Å². The maximum Gasteiger partial charge on any atom is 0.0758 e. The molecule has 1 aromatic heterocycles. The van der Waals surface area contributed by atoms with Crippen molar-refractivity contribution in [3.63, 3.8) is 0 Å². The lowest BCUT2D eigenvalue weighted by atomic mass is 10.1. The first-order valence-corrected chi connectivity index (χ1v) is 8.62. The first kappa shape index (κ1) is 13.4. The number of rotatable bonds is 3. The first-order chi connectivity index (χ1) is 9.34. The number of fused-ring (bicyclic) bond motifs is 1. The van der Waals surface area contributed by atoms with E-state index in [2.05, 4.69) is 56.2 Å². The number of halogens is 1. The van der Waals surface area contributed by atoms with Gasteiger partial charge in [0, 0.05) is 34.4 Å². The van der Waals surface area contributed by atoms with E-state index in [-0.39, 0.29) is 0 Å². The number of nitrogens with zero attached hydrogens (tertiary/aromatic N) is 1. The Kier molecular flexibility index (Phi) is 4.41. The Hall–Kier alpha value is -0.580. The summed E-state index contributed by atoms with van der Waals surface area (Å²) in [6, 6.07) is 9.05. The number of aromatic nitrogens is 1. The summed E-state index contributed by atoms with van der Waals surface area (Å²) >= 11 is 5.65. The average Bonchev–Trinajstić information content (AvgIpc) is 2.48. The Morgan fingerprint density at radius 2 is 2.32 bits per heavy atom. The quantitative estimate of drug-likeness (QED) is 0.917. The highest BCUT2D eigenvalue weighted by Crippen LogP contribution is 2.25.